The molecule has 0 radical (unpaired) electrons. The monoisotopic (exact) mass is 514 g/mol. The summed E-state index contributed by atoms with van der Waals surface area (Å²) in [6, 6.07) is 6.01. The second kappa shape index (κ2) is 12.4. The third-order valence-electron chi connectivity index (χ3n) is 4.48. The summed E-state index contributed by atoms with van der Waals surface area (Å²) in [6.45, 7) is 4.28. The number of ether oxygens (including phenoxy) is 1. The van der Waals surface area contributed by atoms with Crippen LogP contribution in [0.4, 0.5) is 0 Å². The Morgan fingerprint density at radius 2 is 1.89 bits per heavy atom. The van der Waals surface area contributed by atoms with E-state index in [-0.39, 0.29) is 13.2 Å². The zero-order chi connectivity index (χ0) is 20.3. The Kier molecular flexibility index (Phi) is 11.4. The SMILES string of the molecule is CCCCCCCOc1ccc(CC[C@](C)(CO)COP(=O)(O)O)cc1I. The first-order valence-electron chi connectivity index (χ1n) is 9.41. The topological polar surface area (TPSA) is 96.2 Å². The summed E-state index contributed by atoms with van der Waals surface area (Å²) in [7, 11) is -4.53. The van der Waals surface area contributed by atoms with E-state index in [2.05, 4.69) is 40.1 Å². The van der Waals surface area contributed by atoms with E-state index in [1.807, 2.05) is 12.1 Å². The minimum atomic E-state index is -4.53. The molecule has 1 rings (SSSR count). The quantitative estimate of drug-likeness (QED) is 0.190. The summed E-state index contributed by atoms with van der Waals surface area (Å²) in [5.41, 5.74) is 0.380. The van der Waals surface area contributed by atoms with Crippen LogP contribution in [0.1, 0.15) is 57.9 Å². The molecule has 3 N–H and O–H groups in total. The molecule has 1 aromatic rings. The number of phosphoric ester groups is 1. The number of aliphatic hydroxyl groups excluding tert-OH is 1. The molecule has 0 amide bonds. The van der Waals surface area contributed by atoms with Gasteiger partial charge in [0.15, 0.2) is 0 Å². The minimum absolute atomic E-state index is 0.190. The van der Waals surface area contributed by atoms with Crippen LogP contribution in [0.2, 0.25) is 0 Å². The Morgan fingerprint density at radius 1 is 1.19 bits per heavy atom. The van der Waals surface area contributed by atoms with Gasteiger partial charge in [0.25, 0.3) is 0 Å². The summed E-state index contributed by atoms with van der Waals surface area (Å²) >= 11 is 2.26. The van der Waals surface area contributed by atoms with Crippen molar-refractivity contribution < 1.29 is 28.7 Å². The highest BCUT2D eigenvalue weighted by atomic mass is 127. The number of aliphatic hydroxyl groups is 1. The van der Waals surface area contributed by atoms with Crippen LogP contribution < -0.4 is 4.74 Å². The average molecular weight is 514 g/mol. The largest absolute Gasteiger partial charge is 0.492 e. The van der Waals surface area contributed by atoms with Crippen molar-refractivity contribution in [1.29, 1.82) is 0 Å². The number of halogens is 1. The van der Waals surface area contributed by atoms with E-state index in [0.29, 0.717) is 12.8 Å². The van der Waals surface area contributed by atoms with Crippen LogP contribution in [0.3, 0.4) is 0 Å². The molecule has 1 aromatic carbocycles. The second-order valence-corrected chi connectivity index (χ2v) is 9.66. The molecule has 1 atom stereocenters. The lowest BCUT2D eigenvalue weighted by Crippen LogP contribution is -2.28. The molecule has 6 nitrogen and oxygen atoms in total. The van der Waals surface area contributed by atoms with E-state index in [1.165, 1.54) is 25.7 Å². The molecule has 0 fully saturated rings. The predicted molar refractivity (Wildman–Crippen MR) is 115 cm³/mol. The number of phosphoric acid groups is 1. The summed E-state index contributed by atoms with van der Waals surface area (Å²) in [4.78, 5) is 17.7. The van der Waals surface area contributed by atoms with Gasteiger partial charge < -0.3 is 19.6 Å². The van der Waals surface area contributed by atoms with Gasteiger partial charge in [-0.2, -0.15) is 0 Å². The number of benzene rings is 1. The zero-order valence-corrected chi connectivity index (χ0v) is 19.2. The molecule has 27 heavy (non-hydrogen) atoms. The van der Waals surface area contributed by atoms with Crippen molar-refractivity contribution in [2.24, 2.45) is 5.41 Å². The standard InChI is InChI=1S/C19H32IO6P/c1-3-4-5-6-7-12-25-18-9-8-16(13-17(18)20)10-11-19(2,14-21)15-26-27(22,23)24/h8-9,13,21H,3-7,10-12,14-15H2,1-2H3,(H2,22,23,24)/t19-/m1/s1. The molecule has 8 heteroatoms. The van der Waals surface area contributed by atoms with Gasteiger partial charge in [0, 0.05) is 5.41 Å². The predicted octanol–water partition coefficient (Wildman–Crippen LogP) is 4.68. The fraction of sp³-hybridized carbons (Fsp3) is 0.684. The molecule has 0 aromatic heterocycles. The van der Waals surface area contributed by atoms with Gasteiger partial charge in [0.05, 0.1) is 23.4 Å². The Morgan fingerprint density at radius 3 is 2.48 bits per heavy atom. The number of hydrogen-bond acceptors (Lipinski definition) is 4. The molecular formula is C19H32IO6P. The lowest BCUT2D eigenvalue weighted by atomic mass is 9.86. The van der Waals surface area contributed by atoms with Crippen molar-refractivity contribution in [3.05, 3.63) is 27.3 Å². The van der Waals surface area contributed by atoms with Crippen molar-refractivity contribution >= 4 is 30.4 Å². The van der Waals surface area contributed by atoms with Crippen LogP contribution in [0, 0.1) is 8.99 Å². The number of hydrogen-bond donors (Lipinski definition) is 3. The van der Waals surface area contributed by atoms with Crippen LogP contribution in [0.15, 0.2) is 18.2 Å². The molecule has 0 spiro atoms. The van der Waals surface area contributed by atoms with E-state index in [1.54, 1.807) is 6.92 Å². The van der Waals surface area contributed by atoms with Crippen molar-refractivity contribution in [2.75, 3.05) is 19.8 Å². The average Bonchev–Trinajstić information content (AvgIpc) is 2.62. The Balaban J connectivity index is 2.49. The summed E-state index contributed by atoms with van der Waals surface area (Å²) in [6.07, 6.45) is 7.25. The van der Waals surface area contributed by atoms with E-state index in [4.69, 9.17) is 14.5 Å². The van der Waals surface area contributed by atoms with E-state index in [9.17, 15) is 9.67 Å². The van der Waals surface area contributed by atoms with Gasteiger partial charge >= 0.3 is 7.82 Å². The van der Waals surface area contributed by atoms with Crippen LogP contribution in [0.5, 0.6) is 5.75 Å². The maximum atomic E-state index is 10.9. The van der Waals surface area contributed by atoms with E-state index >= 15 is 0 Å². The van der Waals surface area contributed by atoms with Crippen molar-refractivity contribution in [3.63, 3.8) is 0 Å². The normalized spacial score (nSPS) is 14.1. The lowest BCUT2D eigenvalue weighted by Gasteiger charge is -2.27. The molecule has 0 saturated heterocycles. The van der Waals surface area contributed by atoms with Gasteiger partial charge in [0.2, 0.25) is 0 Å². The summed E-state index contributed by atoms with van der Waals surface area (Å²) < 4.78 is 22.4. The maximum absolute atomic E-state index is 10.9. The van der Waals surface area contributed by atoms with Gasteiger partial charge in [-0.25, -0.2) is 4.57 Å². The minimum Gasteiger partial charge on any atom is -0.492 e. The third-order valence-corrected chi connectivity index (χ3v) is 5.79. The maximum Gasteiger partial charge on any atom is 0.469 e. The Hall–Kier alpha value is -0.180. The van der Waals surface area contributed by atoms with Gasteiger partial charge in [0.1, 0.15) is 5.75 Å². The second-order valence-electron chi connectivity index (χ2n) is 7.26. The smallest absolute Gasteiger partial charge is 0.469 e. The van der Waals surface area contributed by atoms with Crippen LogP contribution in [-0.2, 0) is 15.5 Å². The number of unbranched alkanes of at least 4 members (excludes halogenated alkanes) is 4. The first-order chi connectivity index (χ1) is 12.7. The Bertz CT molecular complexity index is 606. The fourth-order valence-electron chi connectivity index (χ4n) is 2.59. The first-order valence-corrected chi connectivity index (χ1v) is 12.0. The van der Waals surface area contributed by atoms with Crippen molar-refractivity contribution in [2.45, 2.75) is 58.8 Å². The Labute approximate surface area is 176 Å². The lowest BCUT2D eigenvalue weighted by molar-refractivity contribution is 0.0576. The zero-order valence-electron chi connectivity index (χ0n) is 16.2. The molecular weight excluding hydrogens is 482 g/mol. The van der Waals surface area contributed by atoms with Gasteiger partial charge in [-0.1, -0.05) is 45.6 Å². The molecule has 0 unspecified atom stereocenters. The summed E-state index contributed by atoms with van der Waals surface area (Å²) in [5.74, 6) is 0.879. The van der Waals surface area contributed by atoms with Gasteiger partial charge in [-0.15, -0.1) is 0 Å². The van der Waals surface area contributed by atoms with Crippen LogP contribution in [-0.4, -0.2) is 34.7 Å². The highest BCUT2D eigenvalue weighted by molar-refractivity contribution is 14.1. The van der Waals surface area contributed by atoms with Crippen molar-refractivity contribution in [3.8, 4) is 5.75 Å². The van der Waals surface area contributed by atoms with E-state index in [0.717, 1.165) is 27.9 Å². The highest BCUT2D eigenvalue weighted by Gasteiger charge is 2.28. The van der Waals surface area contributed by atoms with E-state index < -0.39 is 13.2 Å². The van der Waals surface area contributed by atoms with Gasteiger partial charge in [-0.05, 0) is 59.5 Å². The molecule has 0 saturated carbocycles. The molecule has 0 aliphatic carbocycles. The summed E-state index contributed by atoms with van der Waals surface area (Å²) in [5, 5.41) is 9.58. The van der Waals surface area contributed by atoms with Crippen molar-refractivity contribution in [1.82, 2.24) is 0 Å². The molecule has 0 heterocycles. The number of rotatable bonds is 14. The molecule has 156 valence electrons. The van der Waals surface area contributed by atoms with Gasteiger partial charge in [-0.3, -0.25) is 4.52 Å². The third kappa shape index (κ3) is 10.8. The molecule has 0 aliphatic rings. The fourth-order valence-corrected chi connectivity index (χ4v) is 3.80. The highest BCUT2D eigenvalue weighted by Crippen LogP contribution is 2.39. The first kappa shape index (κ1) is 24.9. The van der Waals surface area contributed by atoms with Crippen LogP contribution >= 0.6 is 30.4 Å². The van der Waals surface area contributed by atoms with Crippen LogP contribution in [0.25, 0.3) is 0 Å². The number of aryl methyl sites for hydroxylation is 1. The molecule has 0 bridgehead atoms. The molecule has 0 aliphatic heterocycles.